The number of amides is 1. The van der Waals surface area contributed by atoms with Crippen LogP contribution in [0.1, 0.15) is 35.9 Å². The first-order chi connectivity index (χ1) is 11.1. The van der Waals surface area contributed by atoms with Gasteiger partial charge in [-0.1, -0.05) is 6.07 Å². The third-order valence-corrected chi connectivity index (χ3v) is 3.93. The quantitative estimate of drug-likeness (QED) is 0.783. The zero-order valence-electron chi connectivity index (χ0n) is 13.5. The molecule has 2 heterocycles. The lowest BCUT2D eigenvalue weighted by Gasteiger charge is -2.10. The minimum atomic E-state index is -0.0415. The van der Waals surface area contributed by atoms with Gasteiger partial charge in [0.25, 0.3) is 5.91 Å². The maximum Gasteiger partial charge on any atom is 0.251 e. The molecule has 0 atom stereocenters. The van der Waals surface area contributed by atoms with Crippen molar-refractivity contribution in [1.82, 2.24) is 14.9 Å². The van der Waals surface area contributed by atoms with Gasteiger partial charge in [0.05, 0.1) is 0 Å². The second-order valence-electron chi connectivity index (χ2n) is 5.92. The molecule has 0 aliphatic carbocycles. The number of hydrogen-bond donors (Lipinski definition) is 1. The predicted octanol–water partition coefficient (Wildman–Crippen LogP) is 3.59. The summed E-state index contributed by atoms with van der Waals surface area (Å²) in [6.07, 6.45) is 4.57. The Bertz CT molecular complexity index is 806. The number of fused-ring (bicyclic) bond motifs is 1. The normalized spacial score (nSPS) is 11.1. The molecule has 0 spiro atoms. The van der Waals surface area contributed by atoms with Gasteiger partial charge in [-0.3, -0.25) is 9.78 Å². The molecule has 0 aliphatic heterocycles. The predicted molar refractivity (Wildman–Crippen MR) is 92.6 cm³/mol. The molecule has 0 aliphatic rings. The first-order valence-corrected chi connectivity index (χ1v) is 7.94. The van der Waals surface area contributed by atoms with E-state index in [4.69, 9.17) is 0 Å². The van der Waals surface area contributed by atoms with Crippen molar-refractivity contribution >= 4 is 16.8 Å². The minimum Gasteiger partial charge on any atom is -0.352 e. The summed E-state index contributed by atoms with van der Waals surface area (Å²) in [5, 5.41) is 4.05. The van der Waals surface area contributed by atoms with Crippen LogP contribution in [0, 0.1) is 0 Å². The summed E-state index contributed by atoms with van der Waals surface area (Å²) < 4.78 is 2.21. The van der Waals surface area contributed by atoms with Gasteiger partial charge < -0.3 is 9.88 Å². The summed E-state index contributed by atoms with van der Waals surface area (Å²) in [6.45, 7) is 4.89. The van der Waals surface area contributed by atoms with Crippen LogP contribution >= 0.6 is 0 Å². The molecule has 2 aromatic heterocycles. The maximum atomic E-state index is 12.3. The van der Waals surface area contributed by atoms with E-state index in [0.29, 0.717) is 18.2 Å². The highest BCUT2D eigenvalue weighted by Gasteiger charge is 2.09. The molecule has 3 rings (SSSR count). The first kappa shape index (κ1) is 15.3. The van der Waals surface area contributed by atoms with Crippen LogP contribution < -0.4 is 5.32 Å². The number of nitrogens with one attached hydrogen (secondary N) is 1. The number of carbonyl (C=O) groups is 1. The summed E-state index contributed by atoms with van der Waals surface area (Å²) in [4.78, 5) is 16.5. The number of carbonyl (C=O) groups excluding carboxylic acids is 1. The molecule has 0 unspecified atom stereocenters. The Hall–Kier alpha value is -2.62. The van der Waals surface area contributed by atoms with Gasteiger partial charge in [-0.25, -0.2) is 0 Å². The highest BCUT2D eigenvalue weighted by Crippen LogP contribution is 2.21. The van der Waals surface area contributed by atoms with Gasteiger partial charge in [0, 0.05) is 53.6 Å². The van der Waals surface area contributed by atoms with E-state index in [9.17, 15) is 4.79 Å². The monoisotopic (exact) mass is 307 g/mol. The van der Waals surface area contributed by atoms with Crippen molar-refractivity contribution in [2.24, 2.45) is 0 Å². The highest BCUT2D eigenvalue weighted by atomic mass is 16.1. The summed E-state index contributed by atoms with van der Waals surface area (Å²) in [5.41, 5.74) is 2.84. The van der Waals surface area contributed by atoms with Crippen LogP contribution in [-0.4, -0.2) is 22.0 Å². The van der Waals surface area contributed by atoms with Crippen molar-refractivity contribution in [2.75, 3.05) is 6.54 Å². The largest absolute Gasteiger partial charge is 0.352 e. The minimum absolute atomic E-state index is 0.0415. The van der Waals surface area contributed by atoms with Crippen molar-refractivity contribution in [1.29, 1.82) is 0 Å². The van der Waals surface area contributed by atoms with E-state index in [1.807, 2.05) is 36.4 Å². The molecule has 4 heteroatoms. The molecule has 0 saturated carbocycles. The fourth-order valence-corrected chi connectivity index (χ4v) is 2.71. The smallest absolute Gasteiger partial charge is 0.251 e. The summed E-state index contributed by atoms with van der Waals surface area (Å²) in [6, 6.07) is 14.1. The van der Waals surface area contributed by atoms with Crippen molar-refractivity contribution in [2.45, 2.75) is 26.3 Å². The molecule has 0 bridgehead atoms. The van der Waals surface area contributed by atoms with Gasteiger partial charge in [-0.2, -0.15) is 0 Å². The van der Waals surface area contributed by atoms with Crippen LogP contribution in [0.4, 0.5) is 0 Å². The molecule has 1 N–H and O–H groups in total. The SMILES string of the molecule is CC(C)n1ccc2cc(C(=O)NCCc3ccccn3)ccc21. The second-order valence-corrected chi connectivity index (χ2v) is 5.92. The number of rotatable bonds is 5. The number of benzene rings is 1. The average Bonchev–Trinajstić information content (AvgIpc) is 2.99. The van der Waals surface area contributed by atoms with E-state index >= 15 is 0 Å². The van der Waals surface area contributed by atoms with Crippen molar-refractivity contribution < 1.29 is 4.79 Å². The van der Waals surface area contributed by atoms with Gasteiger partial charge in [0.2, 0.25) is 0 Å². The molecule has 23 heavy (non-hydrogen) atoms. The van der Waals surface area contributed by atoms with E-state index in [0.717, 1.165) is 23.0 Å². The molecule has 3 aromatic rings. The Labute approximate surface area is 136 Å². The third-order valence-electron chi connectivity index (χ3n) is 3.93. The zero-order valence-corrected chi connectivity index (χ0v) is 13.5. The fraction of sp³-hybridized carbons (Fsp3) is 0.263. The maximum absolute atomic E-state index is 12.3. The molecular weight excluding hydrogens is 286 g/mol. The Morgan fingerprint density at radius 2 is 2.09 bits per heavy atom. The average molecular weight is 307 g/mol. The second kappa shape index (κ2) is 6.65. The topological polar surface area (TPSA) is 46.9 Å². The lowest BCUT2D eigenvalue weighted by Crippen LogP contribution is -2.25. The lowest BCUT2D eigenvalue weighted by atomic mass is 10.1. The van der Waals surface area contributed by atoms with Crippen LogP contribution in [0.3, 0.4) is 0 Å². The summed E-state index contributed by atoms with van der Waals surface area (Å²) in [7, 11) is 0. The standard InChI is InChI=1S/C19H21N3O/c1-14(2)22-12-9-15-13-16(6-7-18(15)22)19(23)21-11-8-17-5-3-4-10-20-17/h3-7,9-10,12-14H,8,11H2,1-2H3,(H,21,23). The lowest BCUT2D eigenvalue weighted by molar-refractivity contribution is 0.0954. The van der Waals surface area contributed by atoms with Crippen LogP contribution in [0.25, 0.3) is 10.9 Å². The molecule has 1 aromatic carbocycles. The number of nitrogens with zero attached hydrogens (tertiary/aromatic N) is 2. The number of aromatic nitrogens is 2. The Morgan fingerprint density at radius 3 is 2.83 bits per heavy atom. The third kappa shape index (κ3) is 3.42. The van der Waals surface area contributed by atoms with Crippen molar-refractivity contribution in [3.63, 3.8) is 0 Å². The van der Waals surface area contributed by atoms with Crippen molar-refractivity contribution in [3.8, 4) is 0 Å². The van der Waals surface area contributed by atoms with Crippen LogP contribution in [-0.2, 0) is 6.42 Å². The molecular formula is C19H21N3O. The van der Waals surface area contributed by atoms with Crippen LogP contribution in [0.15, 0.2) is 54.9 Å². The molecule has 0 radical (unpaired) electrons. The van der Waals surface area contributed by atoms with Crippen molar-refractivity contribution in [3.05, 3.63) is 66.1 Å². The number of hydrogen-bond acceptors (Lipinski definition) is 2. The van der Waals surface area contributed by atoms with E-state index in [1.54, 1.807) is 6.20 Å². The molecule has 0 fully saturated rings. The molecule has 0 saturated heterocycles. The Morgan fingerprint density at radius 1 is 1.22 bits per heavy atom. The van der Waals surface area contributed by atoms with E-state index in [-0.39, 0.29) is 5.91 Å². The van der Waals surface area contributed by atoms with Gasteiger partial charge in [-0.05, 0) is 50.2 Å². The fourth-order valence-electron chi connectivity index (χ4n) is 2.71. The van der Waals surface area contributed by atoms with Gasteiger partial charge in [-0.15, -0.1) is 0 Å². The van der Waals surface area contributed by atoms with Gasteiger partial charge in [0.1, 0.15) is 0 Å². The Balaban J connectivity index is 1.66. The van der Waals surface area contributed by atoms with E-state index in [2.05, 4.69) is 41.0 Å². The van der Waals surface area contributed by atoms with Crippen LogP contribution in [0.2, 0.25) is 0 Å². The molecule has 118 valence electrons. The van der Waals surface area contributed by atoms with Gasteiger partial charge in [0.15, 0.2) is 0 Å². The molecule has 1 amide bonds. The summed E-state index contributed by atoms with van der Waals surface area (Å²) in [5.74, 6) is -0.0415. The Kier molecular flexibility index (Phi) is 4.42. The van der Waals surface area contributed by atoms with Crippen LogP contribution in [0.5, 0.6) is 0 Å². The number of pyridine rings is 1. The van der Waals surface area contributed by atoms with Gasteiger partial charge >= 0.3 is 0 Å². The summed E-state index contributed by atoms with van der Waals surface area (Å²) >= 11 is 0. The zero-order chi connectivity index (χ0) is 16.2. The molecule has 4 nitrogen and oxygen atoms in total. The van der Waals surface area contributed by atoms with E-state index in [1.165, 1.54) is 0 Å². The first-order valence-electron chi connectivity index (χ1n) is 7.94. The van der Waals surface area contributed by atoms with E-state index < -0.39 is 0 Å². The highest BCUT2D eigenvalue weighted by molar-refractivity contribution is 5.98.